The van der Waals surface area contributed by atoms with Gasteiger partial charge in [0.2, 0.25) is 0 Å². The summed E-state index contributed by atoms with van der Waals surface area (Å²) in [5, 5.41) is 8.45. The van der Waals surface area contributed by atoms with Crippen LogP contribution in [0.4, 0.5) is 0 Å². The highest BCUT2D eigenvalue weighted by Gasteiger charge is 2.15. The molecule has 2 nitrogen and oxygen atoms in total. The summed E-state index contributed by atoms with van der Waals surface area (Å²) in [6.07, 6.45) is 6.25. The lowest BCUT2D eigenvalue weighted by Crippen LogP contribution is -2.33. The second-order valence-electron chi connectivity index (χ2n) is 2.81. The topological polar surface area (TPSA) is 49.8 Å². The van der Waals surface area contributed by atoms with Gasteiger partial charge >= 0.3 is 0 Å². The van der Waals surface area contributed by atoms with Crippen molar-refractivity contribution in [2.45, 2.75) is 18.9 Å². The van der Waals surface area contributed by atoms with Crippen molar-refractivity contribution < 1.29 is 0 Å². The lowest BCUT2D eigenvalue weighted by atomic mass is 9.92. The number of hydrogen-bond donors (Lipinski definition) is 1. The average Bonchev–Trinajstić information content (AvgIpc) is 1.88. The van der Waals surface area contributed by atoms with Crippen LogP contribution in [0.3, 0.4) is 0 Å². The maximum atomic E-state index is 8.45. The van der Waals surface area contributed by atoms with Gasteiger partial charge in [0.25, 0.3) is 0 Å². The fourth-order valence-corrected chi connectivity index (χ4v) is 0.829. The Labute approximate surface area is 60.6 Å². The van der Waals surface area contributed by atoms with Crippen LogP contribution in [-0.4, -0.2) is 5.54 Å². The molecule has 10 heavy (non-hydrogen) atoms. The number of nitrogens with zero attached hydrogens (tertiary/aromatic N) is 1. The molecule has 0 spiro atoms. The van der Waals surface area contributed by atoms with Crippen LogP contribution in [0.25, 0.3) is 0 Å². The second-order valence-corrected chi connectivity index (χ2v) is 2.81. The van der Waals surface area contributed by atoms with Gasteiger partial charge in [0.15, 0.2) is 0 Å². The molecule has 0 bridgehead atoms. The van der Waals surface area contributed by atoms with Crippen molar-refractivity contribution in [3.05, 3.63) is 23.8 Å². The Balaban J connectivity index is 2.75. The van der Waals surface area contributed by atoms with Crippen LogP contribution in [-0.2, 0) is 0 Å². The lowest BCUT2D eigenvalue weighted by Gasteiger charge is -2.20. The normalized spacial score (nSPS) is 31.1. The van der Waals surface area contributed by atoms with Crippen LogP contribution in [0.1, 0.15) is 13.3 Å². The van der Waals surface area contributed by atoms with E-state index in [2.05, 4.69) is 6.07 Å². The highest BCUT2D eigenvalue weighted by molar-refractivity contribution is 5.38. The van der Waals surface area contributed by atoms with Crippen LogP contribution < -0.4 is 5.73 Å². The van der Waals surface area contributed by atoms with E-state index in [4.69, 9.17) is 11.0 Å². The molecule has 2 heteroatoms. The predicted molar refractivity (Wildman–Crippen MR) is 40.0 cm³/mol. The summed E-state index contributed by atoms with van der Waals surface area (Å²) in [6, 6.07) is 2.06. The first-order valence-corrected chi connectivity index (χ1v) is 3.22. The Bertz CT molecular complexity index is 228. The van der Waals surface area contributed by atoms with Gasteiger partial charge in [-0.3, -0.25) is 0 Å². The molecule has 52 valence electrons. The Morgan fingerprint density at radius 3 is 2.90 bits per heavy atom. The Hall–Kier alpha value is -1.07. The number of nitriles is 1. The number of allylic oxidation sites excluding steroid dienone is 2. The molecule has 1 aliphatic rings. The molecule has 0 amide bonds. The average molecular weight is 134 g/mol. The molecule has 0 fully saturated rings. The van der Waals surface area contributed by atoms with Crippen molar-refractivity contribution in [1.82, 2.24) is 0 Å². The number of hydrogen-bond acceptors (Lipinski definition) is 2. The van der Waals surface area contributed by atoms with Gasteiger partial charge in [0.1, 0.15) is 0 Å². The zero-order valence-electron chi connectivity index (χ0n) is 5.96. The van der Waals surface area contributed by atoms with Gasteiger partial charge in [-0.15, -0.1) is 0 Å². The molecule has 1 rings (SSSR count). The van der Waals surface area contributed by atoms with Crippen molar-refractivity contribution >= 4 is 0 Å². The van der Waals surface area contributed by atoms with Crippen LogP contribution in [0.2, 0.25) is 0 Å². The first-order valence-electron chi connectivity index (χ1n) is 3.22. The zero-order chi connectivity index (χ0) is 7.61. The summed E-state index contributed by atoms with van der Waals surface area (Å²) in [5.41, 5.74) is 6.22. The smallest absolute Gasteiger partial charge is 0.0988 e. The summed E-state index contributed by atoms with van der Waals surface area (Å²) in [6.45, 7) is 1.94. The fourth-order valence-electron chi connectivity index (χ4n) is 0.829. The van der Waals surface area contributed by atoms with E-state index in [1.165, 1.54) is 0 Å². The van der Waals surface area contributed by atoms with E-state index in [0.29, 0.717) is 5.57 Å². The van der Waals surface area contributed by atoms with Gasteiger partial charge in [0, 0.05) is 11.1 Å². The largest absolute Gasteiger partial charge is 0.322 e. The van der Waals surface area contributed by atoms with Gasteiger partial charge in [-0.05, 0) is 19.4 Å². The van der Waals surface area contributed by atoms with Crippen LogP contribution in [0, 0.1) is 11.3 Å². The molecule has 0 radical (unpaired) electrons. The molecule has 0 aromatic heterocycles. The molecule has 1 unspecified atom stereocenters. The molecular weight excluding hydrogens is 124 g/mol. The third-order valence-electron chi connectivity index (χ3n) is 1.53. The summed E-state index contributed by atoms with van der Waals surface area (Å²) < 4.78 is 0. The molecule has 0 aromatic carbocycles. The van der Waals surface area contributed by atoms with E-state index in [-0.39, 0.29) is 5.54 Å². The van der Waals surface area contributed by atoms with Crippen molar-refractivity contribution in [3.63, 3.8) is 0 Å². The molecule has 0 heterocycles. The summed E-state index contributed by atoms with van der Waals surface area (Å²) in [5.74, 6) is 0. The molecule has 2 N–H and O–H groups in total. The SMILES string of the molecule is CC1(N)C=CC(C#N)=CC1. The van der Waals surface area contributed by atoms with E-state index >= 15 is 0 Å². The molecule has 0 saturated heterocycles. The van der Waals surface area contributed by atoms with E-state index < -0.39 is 0 Å². The minimum atomic E-state index is -0.250. The summed E-state index contributed by atoms with van der Waals surface area (Å²) >= 11 is 0. The van der Waals surface area contributed by atoms with Gasteiger partial charge in [-0.2, -0.15) is 5.26 Å². The second kappa shape index (κ2) is 2.28. The molecule has 1 aliphatic carbocycles. The van der Waals surface area contributed by atoms with Crippen molar-refractivity contribution in [1.29, 1.82) is 5.26 Å². The van der Waals surface area contributed by atoms with Crippen LogP contribution >= 0.6 is 0 Å². The maximum absolute atomic E-state index is 8.45. The highest BCUT2D eigenvalue weighted by Crippen LogP contribution is 2.16. The molecule has 0 aromatic rings. The lowest BCUT2D eigenvalue weighted by molar-refractivity contribution is 0.588. The third kappa shape index (κ3) is 1.46. The van der Waals surface area contributed by atoms with Gasteiger partial charge in [0.05, 0.1) is 6.07 Å². The first-order chi connectivity index (χ1) is 4.64. The Morgan fingerprint density at radius 2 is 2.50 bits per heavy atom. The number of nitrogens with two attached hydrogens (primary N) is 1. The standard InChI is InChI=1S/C8H10N2/c1-8(10)4-2-7(6-9)3-5-8/h2-4H,5,10H2,1H3. The predicted octanol–water partition coefficient (Wildman–Crippen LogP) is 1.11. The van der Waals surface area contributed by atoms with E-state index in [1.807, 2.05) is 19.1 Å². The maximum Gasteiger partial charge on any atom is 0.0988 e. The molecular formula is C8H10N2. The quantitative estimate of drug-likeness (QED) is 0.539. The Morgan fingerprint density at radius 1 is 1.80 bits per heavy atom. The van der Waals surface area contributed by atoms with Crippen LogP contribution in [0.15, 0.2) is 23.8 Å². The van der Waals surface area contributed by atoms with Gasteiger partial charge < -0.3 is 5.73 Å². The number of rotatable bonds is 0. The fraction of sp³-hybridized carbons (Fsp3) is 0.375. The van der Waals surface area contributed by atoms with Crippen molar-refractivity contribution in [2.24, 2.45) is 5.73 Å². The Kier molecular flexibility index (Phi) is 1.60. The van der Waals surface area contributed by atoms with E-state index in [1.54, 1.807) is 6.08 Å². The monoisotopic (exact) mass is 134 g/mol. The minimum absolute atomic E-state index is 0.250. The summed E-state index contributed by atoms with van der Waals surface area (Å²) in [4.78, 5) is 0. The van der Waals surface area contributed by atoms with Gasteiger partial charge in [-0.25, -0.2) is 0 Å². The highest BCUT2D eigenvalue weighted by atomic mass is 14.7. The van der Waals surface area contributed by atoms with Gasteiger partial charge in [-0.1, -0.05) is 12.2 Å². The van der Waals surface area contributed by atoms with Crippen LogP contribution in [0.5, 0.6) is 0 Å². The van der Waals surface area contributed by atoms with E-state index in [9.17, 15) is 0 Å². The first kappa shape index (κ1) is 7.04. The summed E-state index contributed by atoms with van der Waals surface area (Å²) in [7, 11) is 0. The minimum Gasteiger partial charge on any atom is -0.322 e. The third-order valence-corrected chi connectivity index (χ3v) is 1.53. The van der Waals surface area contributed by atoms with Crippen molar-refractivity contribution in [2.75, 3.05) is 0 Å². The zero-order valence-corrected chi connectivity index (χ0v) is 5.96. The molecule has 0 saturated carbocycles. The van der Waals surface area contributed by atoms with Crippen molar-refractivity contribution in [3.8, 4) is 6.07 Å². The van der Waals surface area contributed by atoms with E-state index in [0.717, 1.165) is 6.42 Å². The molecule has 1 atom stereocenters. The molecule has 0 aliphatic heterocycles.